The molecule has 280 valence electrons. The lowest BCUT2D eigenvalue weighted by Crippen LogP contribution is -2.62. The molecule has 4 heterocycles. The molecule has 3 fully saturated rings. The van der Waals surface area contributed by atoms with Crippen molar-refractivity contribution in [2.45, 2.75) is 85.8 Å². The summed E-state index contributed by atoms with van der Waals surface area (Å²) in [5.41, 5.74) is -1.35. The second-order valence-electron chi connectivity index (χ2n) is 12.4. The molecule has 51 heavy (non-hydrogen) atoms. The van der Waals surface area contributed by atoms with E-state index >= 15 is 0 Å². The SMILES string of the molecule is O=c1cc(-c2ccc(O)cc2)oc2cc(O[C@@H]3O[C@H](CO)[C@@H](O)[C@H](O)[C@H]3O[C@H]3O[C@H](CO)[C@@H](O)[C@@H]3O)c([C@H]3O[C@H](CO)[C@@H](O)[C@H](O)[C@H]3O)c(O)c12. The zero-order valence-corrected chi connectivity index (χ0v) is 26.4. The predicted octanol–water partition coefficient (Wildman–Crippen LogP) is -3.97. The number of hydrogen-bond acceptors (Lipinski definition) is 19. The van der Waals surface area contributed by atoms with Gasteiger partial charge in [-0.05, 0) is 24.3 Å². The van der Waals surface area contributed by atoms with Gasteiger partial charge >= 0.3 is 0 Å². The van der Waals surface area contributed by atoms with E-state index in [9.17, 15) is 66.1 Å². The van der Waals surface area contributed by atoms with Crippen LogP contribution in [0.5, 0.6) is 17.2 Å². The number of phenolic OH excluding ortho intramolecular Hbond substituents is 2. The van der Waals surface area contributed by atoms with Crippen molar-refractivity contribution in [2.75, 3.05) is 19.8 Å². The minimum Gasteiger partial charge on any atom is -0.508 e. The average Bonchev–Trinajstić information content (AvgIpc) is 3.38. The quantitative estimate of drug-likeness (QED) is 0.100. The first-order valence-electron chi connectivity index (χ1n) is 15.8. The molecule has 0 saturated carbocycles. The van der Waals surface area contributed by atoms with Crippen molar-refractivity contribution in [3.63, 3.8) is 0 Å². The van der Waals surface area contributed by atoms with Crippen molar-refractivity contribution in [3.8, 4) is 28.6 Å². The van der Waals surface area contributed by atoms with Gasteiger partial charge in [-0.25, -0.2) is 0 Å². The first kappa shape index (κ1) is 37.3. The number of ether oxygens (including phenoxy) is 5. The number of aliphatic hydroxyl groups excluding tert-OH is 10. The molecule has 0 unspecified atom stereocenters. The molecule has 0 aliphatic carbocycles. The van der Waals surface area contributed by atoms with Crippen LogP contribution in [-0.4, -0.2) is 161 Å². The molecule has 0 radical (unpaired) electrons. The summed E-state index contributed by atoms with van der Waals surface area (Å²) in [6.07, 6.45) is -24.6. The number of rotatable bonds is 9. The highest BCUT2D eigenvalue weighted by molar-refractivity contribution is 5.88. The Kier molecular flexibility index (Phi) is 10.8. The number of hydrogen-bond donors (Lipinski definition) is 12. The smallest absolute Gasteiger partial charge is 0.229 e. The van der Waals surface area contributed by atoms with Gasteiger partial charge in [0.05, 0.1) is 25.4 Å². The van der Waals surface area contributed by atoms with Crippen LogP contribution in [0.2, 0.25) is 0 Å². The number of fused-ring (bicyclic) bond motifs is 1. The third-order valence-corrected chi connectivity index (χ3v) is 9.18. The van der Waals surface area contributed by atoms with Gasteiger partial charge in [-0.3, -0.25) is 4.79 Å². The maximum Gasteiger partial charge on any atom is 0.229 e. The van der Waals surface area contributed by atoms with Crippen molar-refractivity contribution in [1.29, 1.82) is 0 Å². The van der Waals surface area contributed by atoms with Crippen LogP contribution in [0.1, 0.15) is 11.7 Å². The van der Waals surface area contributed by atoms with E-state index in [1.807, 2.05) is 0 Å². The Morgan fingerprint density at radius 3 is 1.84 bits per heavy atom. The normalized spacial score (nSPS) is 37.1. The van der Waals surface area contributed by atoms with Crippen molar-refractivity contribution >= 4 is 11.0 Å². The minimum atomic E-state index is -2.02. The monoisotopic (exact) mass is 726 g/mol. The van der Waals surface area contributed by atoms with E-state index in [0.29, 0.717) is 5.56 Å². The first-order chi connectivity index (χ1) is 24.3. The molecular weight excluding hydrogens is 688 g/mol. The number of aromatic hydroxyl groups is 2. The van der Waals surface area contributed by atoms with Crippen molar-refractivity contribution < 1.29 is 89.4 Å². The summed E-state index contributed by atoms with van der Waals surface area (Å²) in [4.78, 5) is 13.5. The Morgan fingerprint density at radius 1 is 0.647 bits per heavy atom. The van der Waals surface area contributed by atoms with Crippen molar-refractivity contribution in [3.05, 3.63) is 52.2 Å². The lowest BCUT2D eigenvalue weighted by atomic mass is 9.89. The van der Waals surface area contributed by atoms with E-state index in [-0.39, 0.29) is 17.1 Å². The van der Waals surface area contributed by atoms with E-state index in [1.165, 1.54) is 24.3 Å². The van der Waals surface area contributed by atoms with Gasteiger partial charge in [0.25, 0.3) is 0 Å². The van der Waals surface area contributed by atoms with Crippen molar-refractivity contribution in [1.82, 2.24) is 0 Å². The summed E-state index contributed by atoms with van der Waals surface area (Å²) >= 11 is 0. The molecular formula is C32H38O19. The molecule has 0 amide bonds. The van der Waals surface area contributed by atoms with Gasteiger partial charge in [-0.2, -0.15) is 0 Å². The highest BCUT2D eigenvalue weighted by atomic mass is 16.8. The van der Waals surface area contributed by atoms with Crippen LogP contribution in [0.25, 0.3) is 22.3 Å². The lowest BCUT2D eigenvalue weighted by molar-refractivity contribution is -0.321. The first-order valence-corrected chi connectivity index (χ1v) is 15.8. The zero-order chi connectivity index (χ0) is 36.9. The van der Waals surface area contributed by atoms with Gasteiger partial charge in [-0.1, -0.05) is 0 Å². The van der Waals surface area contributed by atoms with E-state index < -0.39 is 134 Å². The standard InChI is InChI=1S/C32H38O19/c33-7-16-21(38)25(42)27(44)29(47-16)20-15(6-14-19(24(20)41)12(37)5-13(46-14)10-1-3-11(36)4-2-10)48-32-30(26(43)22(39)17(8-34)50-32)51-31-28(45)23(40)18(9-35)49-31/h1-6,16-18,21-23,25-36,38-45H,7-9H2/t16-,17-,18-,21-,22-,23-,25+,26+,27-,28+,29-,30-,31-,32-/m1/s1. The molecule has 1 aromatic heterocycles. The fourth-order valence-electron chi connectivity index (χ4n) is 6.33. The highest BCUT2D eigenvalue weighted by Gasteiger charge is 2.52. The summed E-state index contributed by atoms with van der Waals surface area (Å²) < 4.78 is 34.4. The molecule has 6 rings (SSSR count). The summed E-state index contributed by atoms with van der Waals surface area (Å²) in [5, 5.41) is 125. The Bertz CT molecular complexity index is 1730. The predicted molar refractivity (Wildman–Crippen MR) is 165 cm³/mol. The molecule has 0 spiro atoms. The van der Waals surface area contributed by atoms with Gasteiger partial charge in [0.2, 0.25) is 6.29 Å². The molecule has 3 aliphatic rings. The van der Waals surface area contributed by atoms with Crippen LogP contribution < -0.4 is 10.2 Å². The minimum absolute atomic E-state index is 0.0307. The second kappa shape index (κ2) is 14.8. The average molecular weight is 727 g/mol. The Labute approximate surface area is 286 Å². The van der Waals surface area contributed by atoms with E-state index in [0.717, 1.165) is 12.1 Å². The molecule has 19 nitrogen and oxygen atoms in total. The van der Waals surface area contributed by atoms with E-state index in [2.05, 4.69) is 0 Å². The fraction of sp³-hybridized carbons (Fsp3) is 0.531. The van der Waals surface area contributed by atoms with Crippen LogP contribution in [0.3, 0.4) is 0 Å². The zero-order valence-electron chi connectivity index (χ0n) is 26.4. The van der Waals surface area contributed by atoms with Crippen LogP contribution in [0.4, 0.5) is 0 Å². The summed E-state index contributed by atoms with van der Waals surface area (Å²) in [6, 6.07) is 7.63. The van der Waals surface area contributed by atoms with Gasteiger partial charge in [0.15, 0.2) is 17.8 Å². The molecule has 3 aromatic rings. The van der Waals surface area contributed by atoms with Crippen LogP contribution in [0, 0.1) is 0 Å². The Hall–Kier alpha value is -3.51. The van der Waals surface area contributed by atoms with Crippen LogP contribution in [-0.2, 0) is 18.9 Å². The second-order valence-corrected chi connectivity index (χ2v) is 12.4. The number of benzene rings is 2. The van der Waals surface area contributed by atoms with E-state index in [4.69, 9.17) is 28.1 Å². The summed E-state index contributed by atoms with van der Waals surface area (Å²) in [6.45, 7) is -2.46. The van der Waals surface area contributed by atoms with Crippen LogP contribution in [0.15, 0.2) is 45.6 Å². The molecule has 3 saturated heterocycles. The molecule has 3 aliphatic heterocycles. The van der Waals surface area contributed by atoms with Gasteiger partial charge in [0.1, 0.15) is 101 Å². The Balaban J connectivity index is 1.49. The summed E-state index contributed by atoms with van der Waals surface area (Å²) in [5.74, 6) is -1.55. The third kappa shape index (κ3) is 6.78. The fourth-order valence-corrected chi connectivity index (χ4v) is 6.33. The van der Waals surface area contributed by atoms with Gasteiger partial charge in [-0.15, -0.1) is 0 Å². The van der Waals surface area contributed by atoms with Gasteiger partial charge in [0, 0.05) is 17.7 Å². The third-order valence-electron chi connectivity index (χ3n) is 9.18. The maximum atomic E-state index is 13.5. The lowest BCUT2D eigenvalue weighted by Gasteiger charge is -2.43. The topological polar surface area (TPSA) is 319 Å². The largest absolute Gasteiger partial charge is 0.508 e. The highest BCUT2D eigenvalue weighted by Crippen LogP contribution is 2.46. The molecule has 14 atom stereocenters. The Morgan fingerprint density at radius 2 is 1.22 bits per heavy atom. The molecule has 0 bridgehead atoms. The molecule has 19 heteroatoms. The van der Waals surface area contributed by atoms with Gasteiger partial charge < -0.3 is 89.4 Å². The van der Waals surface area contributed by atoms with Crippen LogP contribution >= 0.6 is 0 Å². The molecule has 12 N–H and O–H groups in total. The van der Waals surface area contributed by atoms with E-state index in [1.54, 1.807) is 0 Å². The number of phenols is 2. The molecule has 2 aromatic carbocycles. The number of aliphatic hydroxyl groups is 10. The summed E-state index contributed by atoms with van der Waals surface area (Å²) in [7, 11) is 0. The maximum absolute atomic E-state index is 13.5. The van der Waals surface area contributed by atoms with Crippen molar-refractivity contribution in [2.24, 2.45) is 0 Å².